The smallest absolute Gasteiger partial charge is 0.00952 e. The predicted molar refractivity (Wildman–Crippen MR) is 65.8 cm³/mol. The van der Waals surface area contributed by atoms with Crippen LogP contribution >= 0.6 is 0 Å². The number of hydrogen-bond donors (Lipinski definition) is 0. The highest BCUT2D eigenvalue weighted by Crippen LogP contribution is 2.25. The minimum absolute atomic E-state index is 0.988. The maximum absolute atomic E-state index is 2.70. The van der Waals surface area contributed by atoms with Gasteiger partial charge in [-0.3, -0.25) is 0 Å². The van der Waals surface area contributed by atoms with Crippen LogP contribution in [0, 0.1) is 0 Å². The number of rotatable bonds is 0. The van der Waals surface area contributed by atoms with Crippen molar-refractivity contribution in [1.29, 1.82) is 0 Å². The molecule has 0 amide bonds. The van der Waals surface area contributed by atoms with Crippen molar-refractivity contribution in [3.05, 3.63) is 0 Å². The molecule has 2 rings (SSSR count). The summed E-state index contributed by atoms with van der Waals surface area (Å²) in [5.41, 5.74) is 0. The molecule has 2 aliphatic rings. The normalized spacial score (nSPS) is 22.3. The monoisotopic (exact) mass is 199 g/mol. The number of fused-ring (bicyclic) bond motifs is 1. The van der Waals surface area contributed by atoms with Gasteiger partial charge in [-0.25, -0.2) is 0 Å². The van der Waals surface area contributed by atoms with Gasteiger partial charge in [-0.1, -0.05) is 40.5 Å². The molecule has 0 spiro atoms. The Labute approximate surface area is 90.9 Å². The van der Waals surface area contributed by atoms with Crippen molar-refractivity contribution in [1.82, 2.24) is 4.90 Å². The second kappa shape index (κ2) is 9.51. The van der Waals surface area contributed by atoms with Gasteiger partial charge in [0.05, 0.1) is 0 Å². The molecule has 14 heavy (non-hydrogen) atoms. The molecule has 2 aliphatic heterocycles. The van der Waals surface area contributed by atoms with E-state index in [1.165, 1.54) is 51.6 Å². The fourth-order valence-electron chi connectivity index (χ4n) is 2.38. The lowest BCUT2D eigenvalue weighted by Crippen LogP contribution is -2.42. The molecule has 0 saturated carbocycles. The van der Waals surface area contributed by atoms with E-state index in [-0.39, 0.29) is 0 Å². The zero-order chi connectivity index (χ0) is 10.8. The number of piperidine rings is 2. The second-order valence-electron chi connectivity index (χ2n) is 3.68. The first kappa shape index (κ1) is 14.0. The highest BCUT2D eigenvalue weighted by Gasteiger charge is 2.24. The van der Waals surface area contributed by atoms with Crippen molar-refractivity contribution in [3.8, 4) is 0 Å². The lowest BCUT2D eigenvalue weighted by molar-refractivity contribution is 0.109. The molecule has 0 aliphatic carbocycles. The third-order valence-electron chi connectivity index (χ3n) is 2.98. The zero-order valence-corrected chi connectivity index (χ0v) is 10.7. The zero-order valence-electron chi connectivity index (χ0n) is 10.7. The molecule has 0 N–H and O–H groups in total. The second-order valence-corrected chi connectivity index (χ2v) is 3.68. The van der Waals surface area contributed by atoms with Gasteiger partial charge in [0.2, 0.25) is 0 Å². The van der Waals surface area contributed by atoms with E-state index in [0.717, 1.165) is 6.04 Å². The van der Waals surface area contributed by atoms with E-state index >= 15 is 0 Å². The van der Waals surface area contributed by atoms with Crippen LogP contribution < -0.4 is 0 Å². The van der Waals surface area contributed by atoms with Gasteiger partial charge in [0, 0.05) is 6.04 Å². The van der Waals surface area contributed by atoms with Gasteiger partial charge in [-0.15, -0.1) is 0 Å². The highest BCUT2D eigenvalue weighted by atomic mass is 15.2. The van der Waals surface area contributed by atoms with E-state index in [9.17, 15) is 0 Å². The van der Waals surface area contributed by atoms with Gasteiger partial charge < -0.3 is 4.90 Å². The lowest BCUT2D eigenvalue weighted by atomic mass is 9.93. The van der Waals surface area contributed by atoms with Crippen molar-refractivity contribution in [2.24, 2.45) is 0 Å². The first-order chi connectivity index (χ1) is 6.97. The van der Waals surface area contributed by atoms with E-state index < -0.39 is 0 Å². The van der Waals surface area contributed by atoms with Crippen molar-refractivity contribution in [3.63, 3.8) is 0 Å². The fraction of sp³-hybridized carbons (Fsp3) is 1.00. The molecular formula is C13H29N. The van der Waals surface area contributed by atoms with E-state index in [4.69, 9.17) is 0 Å². The van der Waals surface area contributed by atoms with Crippen molar-refractivity contribution < 1.29 is 0 Å². The standard InChI is InChI=1S/C9H17N.2C2H6/c1-3-7-10-8-4-2-6-9(10)5-1;2*1-2/h9H,1-8H2;2*1-2H3. The SMILES string of the molecule is C1CCN2CCCCC2C1.CC.CC. The van der Waals surface area contributed by atoms with Crippen molar-refractivity contribution >= 4 is 0 Å². The van der Waals surface area contributed by atoms with E-state index in [1.807, 2.05) is 27.7 Å². The quantitative estimate of drug-likeness (QED) is 0.568. The Morgan fingerprint density at radius 3 is 1.50 bits per heavy atom. The Kier molecular flexibility index (Phi) is 9.49. The average molecular weight is 199 g/mol. The predicted octanol–water partition coefficient (Wildman–Crippen LogP) is 4.08. The molecule has 86 valence electrons. The summed E-state index contributed by atoms with van der Waals surface area (Å²) in [5, 5.41) is 0. The van der Waals surface area contributed by atoms with Gasteiger partial charge >= 0.3 is 0 Å². The Balaban J connectivity index is 0.000000379. The summed E-state index contributed by atoms with van der Waals surface area (Å²) in [6.45, 7) is 10.8. The van der Waals surface area contributed by atoms with E-state index in [1.54, 1.807) is 0 Å². The molecule has 1 nitrogen and oxygen atoms in total. The molecule has 0 aromatic rings. The Morgan fingerprint density at radius 1 is 0.714 bits per heavy atom. The number of hydrogen-bond acceptors (Lipinski definition) is 1. The summed E-state index contributed by atoms with van der Waals surface area (Å²) in [6, 6.07) is 0.988. The van der Waals surface area contributed by atoms with E-state index in [2.05, 4.69) is 4.90 Å². The molecule has 2 fully saturated rings. The summed E-state index contributed by atoms with van der Waals surface area (Å²) in [5.74, 6) is 0. The molecule has 0 aromatic heterocycles. The molecule has 0 atom stereocenters. The van der Waals surface area contributed by atoms with Crippen LogP contribution in [0.1, 0.15) is 66.2 Å². The Morgan fingerprint density at radius 2 is 1.14 bits per heavy atom. The summed E-state index contributed by atoms with van der Waals surface area (Å²) in [6.07, 6.45) is 8.86. The van der Waals surface area contributed by atoms with Crippen LogP contribution in [0.2, 0.25) is 0 Å². The number of nitrogens with zero attached hydrogens (tertiary/aromatic N) is 1. The average Bonchev–Trinajstić information content (AvgIpc) is 2.34. The van der Waals surface area contributed by atoms with Gasteiger partial charge in [0.25, 0.3) is 0 Å². The maximum Gasteiger partial charge on any atom is 0.00952 e. The van der Waals surface area contributed by atoms with Gasteiger partial charge in [0.15, 0.2) is 0 Å². The first-order valence-corrected chi connectivity index (χ1v) is 6.71. The molecule has 2 saturated heterocycles. The maximum atomic E-state index is 2.70. The van der Waals surface area contributed by atoms with Gasteiger partial charge in [-0.2, -0.15) is 0 Å². The molecule has 0 bridgehead atoms. The highest BCUT2D eigenvalue weighted by molar-refractivity contribution is 4.80. The molecule has 0 unspecified atom stereocenters. The molecule has 0 radical (unpaired) electrons. The van der Waals surface area contributed by atoms with Crippen LogP contribution in [-0.2, 0) is 0 Å². The summed E-state index contributed by atoms with van der Waals surface area (Å²) < 4.78 is 0. The van der Waals surface area contributed by atoms with Crippen molar-refractivity contribution in [2.45, 2.75) is 72.3 Å². The van der Waals surface area contributed by atoms with E-state index in [0.29, 0.717) is 0 Å². The van der Waals surface area contributed by atoms with Gasteiger partial charge in [0.1, 0.15) is 0 Å². The first-order valence-electron chi connectivity index (χ1n) is 6.71. The van der Waals surface area contributed by atoms with Crippen LogP contribution in [0.25, 0.3) is 0 Å². The van der Waals surface area contributed by atoms with Crippen LogP contribution in [0.15, 0.2) is 0 Å². The fourth-order valence-corrected chi connectivity index (χ4v) is 2.38. The van der Waals surface area contributed by atoms with Crippen LogP contribution in [0.4, 0.5) is 0 Å². The largest absolute Gasteiger partial charge is 0.300 e. The molecular weight excluding hydrogens is 170 g/mol. The summed E-state index contributed by atoms with van der Waals surface area (Å²) in [7, 11) is 0. The summed E-state index contributed by atoms with van der Waals surface area (Å²) in [4.78, 5) is 2.70. The van der Waals surface area contributed by atoms with Crippen LogP contribution in [0.5, 0.6) is 0 Å². The lowest BCUT2D eigenvalue weighted by Gasteiger charge is -2.39. The minimum atomic E-state index is 0.988. The molecule has 1 heteroatoms. The van der Waals surface area contributed by atoms with Gasteiger partial charge in [-0.05, 0) is 38.8 Å². The van der Waals surface area contributed by atoms with Crippen LogP contribution in [0.3, 0.4) is 0 Å². The van der Waals surface area contributed by atoms with Crippen LogP contribution in [-0.4, -0.2) is 24.0 Å². The minimum Gasteiger partial charge on any atom is -0.300 e. The summed E-state index contributed by atoms with van der Waals surface area (Å²) >= 11 is 0. The Bertz CT molecular complexity index is 85.8. The third-order valence-corrected chi connectivity index (χ3v) is 2.98. The molecule has 2 heterocycles. The topological polar surface area (TPSA) is 3.24 Å². The van der Waals surface area contributed by atoms with Crippen molar-refractivity contribution in [2.75, 3.05) is 13.1 Å². The Hall–Kier alpha value is -0.0400. The third kappa shape index (κ3) is 4.45. The molecule has 0 aromatic carbocycles.